The van der Waals surface area contributed by atoms with Gasteiger partial charge in [-0.3, -0.25) is 4.79 Å². The van der Waals surface area contributed by atoms with Crippen LogP contribution in [-0.2, 0) is 4.79 Å². The summed E-state index contributed by atoms with van der Waals surface area (Å²) >= 11 is 0. The summed E-state index contributed by atoms with van der Waals surface area (Å²) in [4.78, 5) is 11.3. The van der Waals surface area contributed by atoms with Gasteiger partial charge in [-0.05, 0) is 19.8 Å². The SMILES string of the molecule is C=CCNC(C)C(=O)NC1CC1. The lowest BCUT2D eigenvalue weighted by Gasteiger charge is -2.11. The summed E-state index contributed by atoms with van der Waals surface area (Å²) in [7, 11) is 0. The predicted octanol–water partition coefficient (Wildman–Crippen LogP) is 0.429. The van der Waals surface area contributed by atoms with Crippen molar-refractivity contribution in [2.45, 2.75) is 31.8 Å². The molecule has 0 bridgehead atoms. The van der Waals surface area contributed by atoms with Gasteiger partial charge in [-0.15, -0.1) is 6.58 Å². The van der Waals surface area contributed by atoms with Crippen molar-refractivity contribution in [3.05, 3.63) is 12.7 Å². The Balaban J connectivity index is 2.14. The summed E-state index contributed by atoms with van der Waals surface area (Å²) in [5, 5.41) is 5.96. The van der Waals surface area contributed by atoms with E-state index >= 15 is 0 Å². The second-order valence-electron chi connectivity index (χ2n) is 3.20. The van der Waals surface area contributed by atoms with Gasteiger partial charge >= 0.3 is 0 Å². The Hall–Kier alpha value is -0.830. The molecule has 0 saturated heterocycles. The topological polar surface area (TPSA) is 41.1 Å². The zero-order chi connectivity index (χ0) is 8.97. The van der Waals surface area contributed by atoms with Gasteiger partial charge in [-0.25, -0.2) is 0 Å². The molecule has 68 valence electrons. The van der Waals surface area contributed by atoms with E-state index in [1.165, 1.54) is 0 Å². The van der Waals surface area contributed by atoms with E-state index in [-0.39, 0.29) is 11.9 Å². The van der Waals surface area contributed by atoms with Crippen LogP contribution in [0.2, 0.25) is 0 Å². The van der Waals surface area contributed by atoms with Crippen LogP contribution in [0.15, 0.2) is 12.7 Å². The lowest BCUT2D eigenvalue weighted by molar-refractivity contribution is -0.122. The highest BCUT2D eigenvalue weighted by Gasteiger charge is 2.24. The van der Waals surface area contributed by atoms with Crippen LogP contribution >= 0.6 is 0 Å². The third-order valence-corrected chi connectivity index (χ3v) is 1.89. The molecule has 0 heterocycles. The molecule has 0 aromatic rings. The number of carbonyl (C=O) groups excluding carboxylic acids is 1. The van der Waals surface area contributed by atoms with Crippen LogP contribution in [0, 0.1) is 0 Å². The van der Waals surface area contributed by atoms with E-state index < -0.39 is 0 Å². The number of hydrogen-bond acceptors (Lipinski definition) is 2. The smallest absolute Gasteiger partial charge is 0.237 e. The molecule has 12 heavy (non-hydrogen) atoms. The zero-order valence-corrected chi connectivity index (χ0v) is 7.47. The van der Waals surface area contributed by atoms with Crippen molar-refractivity contribution in [2.24, 2.45) is 0 Å². The number of rotatable bonds is 5. The highest BCUT2D eigenvalue weighted by Crippen LogP contribution is 2.18. The molecule has 3 heteroatoms. The standard InChI is InChI=1S/C9H16N2O/c1-3-6-10-7(2)9(12)11-8-4-5-8/h3,7-8,10H,1,4-6H2,2H3,(H,11,12). The first kappa shape index (κ1) is 9.26. The maximum Gasteiger partial charge on any atom is 0.237 e. The van der Waals surface area contributed by atoms with E-state index in [9.17, 15) is 4.79 Å². The molecule has 1 unspecified atom stereocenters. The molecule has 1 aliphatic rings. The molecule has 1 aliphatic carbocycles. The van der Waals surface area contributed by atoms with E-state index in [4.69, 9.17) is 0 Å². The summed E-state index contributed by atoms with van der Waals surface area (Å²) in [6.45, 7) is 6.11. The Morgan fingerprint density at radius 2 is 2.42 bits per heavy atom. The molecule has 0 aliphatic heterocycles. The lowest BCUT2D eigenvalue weighted by Crippen LogP contribution is -2.42. The molecule has 0 radical (unpaired) electrons. The molecule has 3 nitrogen and oxygen atoms in total. The summed E-state index contributed by atoms with van der Waals surface area (Å²) in [6, 6.07) is 0.342. The van der Waals surface area contributed by atoms with Gasteiger partial charge in [-0.1, -0.05) is 6.08 Å². The van der Waals surface area contributed by atoms with Gasteiger partial charge < -0.3 is 10.6 Å². The molecular weight excluding hydrogens is 152 g/mol. The van der Waals surface area contributed by atoms with Crippen LogP contribution in [0.1, 0.15) is 19.8 Å². The Kier molecular flexibility index (Phi) is 3.29. The number of hydrogen-bond donors (Lipinski definition) is 2. The van der Waals surface area contributed by atoms with Gasteiger partial charge in [0.2, 0.25) is 5.91 Å². The monoisotopic (exact) mass is 168 g/mol. The van der Waals surface area contributed by atoms with Crippen LogP contribution < -0.4 is 10.6 Å². The minimum atomic E-state index is -0.108. The van der Waals surface area contributed by atoms with E-state index in [0.717, 1.165) is 12.8 Å². The van der Waals surface area contributed by atoms with Crippen molar-refractivity contribution in [1.82, 2.24) is 10.6 Å². The highest BCUT2D eigenvalue weighted by molar-refractivity contribution is 5.81. The van der Waals surface area contributed by atoms with Crippen molar-refractivity contribution < 1.29 is 4.79 Å². The molecule has 0 aromatic heterocycles. The largest absolute Gasteiger partial charge is 0.352 e. The number of nitrogens with one attached hydrogen (secondary N) is 2. The van der Waals surface area contributed by atoms with Crippen molar-refractivity contribution in [1.29, 1.82) is 0 Å². The Bertz CT molecular complexity index is 175. The summed E-state index contributed by atoms with van der Waals surface area (Å²) in [6.07, 6.45) is 4.03. The van der Waals surface area contributed by atoms with Gasteiger partial charge in [0, 0.05) is 12.6 Å². The summed E-state index contributed by atoms with van der Waals surface area (Å²) in [5.41, 5.74) is 0. The maximum atomic E-state index is 11.3. The molecule has 0 spiro atoms. The van der Waals surface area contributed by atoms with Crippen molar-refractivity contribution in [2.75, 3.05) is 6.54 Å². The molecule has 1 saturated carbocycles. The molecular formula is C9H16N2O. The van der Waals surface area contributed by atoms with Gasteiger partial charge in [-0.2, -0.15) is 0 Å². The average Bonchev–Trinajstić information content (AvgIpc) is 2.83. The molecule has 1 amide bonds. The minimum Gasteiger partial charge on any atom is -0.352 e. The number of amides is 1. The fourth-order valence-electron chi connectivity index (χ4n) is 0.907. The fourth-order valence-corrected chi connectivity index (χ4v) is 0.907. The summed E-state index contributed by atoms with van der Waals surface area (Å²) in [5.74, 6) is 0.0966. The van der Waals surface area contributed by atoms with E-state index in [0.29, 0.717) is 12.6 Å². The number of carbonyl (C=O) groups is 1. The van der Waals surface area contributed by atoms with Crippen molar-refractivity contribution in [3.63, 3.8) is 0 Å². The second-order valence-corrected chi connectivity index (χ2v) is 3.20. The molecule has 0 aromatic carbocycles. The van der Waals surface area contributed by atoms with Gasteiger partial charge in [0.25, 0.3) is 0 Å². The third kappa shape index (κ3) is 3.05. The zero-order valence-electron chi connectivity index (χ0n) is 7.47. The first-order chi connectivity index (χ1) is 5.74. The second kappa shape index (κ2) is 4.26. The fraction of sp³-hybridized carbons (Fsp3) is 0.667. The third-order valence-electron chi connectivity index (χ3n) is 1.89. The Morgan fingerprint density at radius 3 is 2.92 bits per heavy atom. The van der Waals surface area contributed by atoms with Gasteiger partial charge in [0.1, 0.15) is 0 Å². The Labute approximate surface area is 73.2 Å². The lowest BCUT2D eigenvalue weighted by atomic mass is 10.3. The predicted molar refractivity (Wildman–Crippen MR) is 48.8 cm³/mol. The van der Waals surface area contributed by atoms with Crippen LogP contribution in [0.25, 0.3) is 0 Å². The van der Waals surface area contributed by atoms with E-state index in [2.05, 4.69) is 17.2 Å². The van der Waals surface area contributed by atoms with Crippen molar-refractivity contribution >= 4 is 5.91 Å². The van der Waals surface area contributed by atoms with Crippen molar-refractivity contribution in [3.8, 4) is 0 Å². The van der Waals surface area contributed by atoms with Crippen LogP contribution in [0.3, 0.4) is 0 Å². The first-order valence-corrected chi connectivity index (χ1v) is 4.38. The summed E-state index contributed by atoms with van der Waals surface area (Å²) < 4.78 is 0. The van der Waals surface area contributed by atoms with Gasteiger partial charge in [0.05, 0.1) is 6.04 Å². The molecule has 1 fully saturated rings. The quantitative estimate of drug-likeness (QED) is 0.584. The highest BCUT2D eigenvalue weighted by atomic mass is 16.2. The van der Waals surface area contributed by atoms with Crippen LogP contribution in [0.5, 0.6) is 0 Å². The van der Waals surface area contributed by atoms with Crippen LogP contribution in [-0.4, -0.2) is 24.5 Å². The van der Waals surface area contributed by atoms with Crippen LogP contribution in [0.4, 0.5) is 0 Å². The minimum absolute atomic E-state index is 0.0966. The maximum absolute atomic E-state index is 11.3. The van der Waals surface area contributed by atoms with E-state index in [1.54, 1.807) is 6.08 Å². The molecule has 1 rings (SSSR count). The average molecular weight is 168 g/mol. The van der Waals surface area contributed by atoms with E-state index in [1.807, 2.05) is 6.92 Å². The Morgan fingerprint density at radius 1 is 1.75 bits per heavy atom. The van der Waals surface area contributed by atoms with Gasteiger partial charge in [0.15, 0.2) is 0 Å². The normalized spacial score (nSPS) is 18.4. The first-order valence-electron chi connectivity index (χ1n) is 4.38. The molecule has 2 N–H and O–H groups in total. The molecule has 1 atom stereocenters.